The van der Waals surface area contributed by atoms with Crippen LogP contribution in [-0.4, -0.2) is 41.7 Å². The molecule has 0 bridgehead atoms. The molecular formula is C10H20N2O2. The van der Waals surface area contributed by atoms with Crippen molar-refractivity contribution < 1.29 is 9.90 Å². The highest BCUT2D eigenvalue weighted by atomic mass is 16.4. The Bertz CT molecular complexity index is 189. The van der Waals surface area contributed by atoms with E-state index in [0.717, 1.165) is 32.5 Å². The van der Waals surface area contributed by atoms with Crippen LogP contribution in [0, 0.1) is 5.92 Å². The van der Waals surface area contributed by atoms with Gasteiger partial charge in [0.15, 0.2) is 0 Å². The second-order valence-corrected chi connectivity index (χ2v) is 3.98. The largest absolute Gasteiger partial charge is 0.480 e. The second-order valence-electron chi connectivity index (χ2n) is 3.98. The van der Waals surface area contributed by atoms with Crippen LogP contribution in [0.25, 0.3) is 0 Å². The summed E-state index contributed by atoms with van der Waals surface area (Å²) in [5.74, 6) is -0.101. The van der Waals surface area contributed by atoms with E-state index in [-0.39, 0.29) is 6.04 Å². The second kappa shape index (κ2) is 5.32. The normalized spacial score (nSPS) is 22.1. The maximum atomic E-state index is 10.9. The van der Waals surface area contributed by atoms with Crippen LogP contribution in [0.1, 0.15) is 26.2 Å². The first kappa shape index (κ1) is 11.5. The summed E-state index contributed by atoms with van der Waals surface area (Å²) in [4.78, 5) is 13.0. The summed E-state index contributed by atoms with van der Waals surface area (Å²) in [6.45, 7) is 4.42. The van der Waals surface area contributed by atoms with E-state index >= 15 is 0 Å². The Kier molecular flexibility index (Phi) is 4.35. The van der Waals surface area contributed by atoms with Gasteiger partial charge in [-0.05, 0) is 44.8 Å². The van der Waals surface area contributed by atoms with Crippen molar-refractivity contribution in [3.05, 3.63) is 0 Å². The van der Waals surface area contributed by atoms with Crippen molar-refractivity contribution in [3.8, 4) is 0 Å². The molecule has 0 radical (unpaired) electrons. The SMILES string of the molecule is CCC(C(=O)O)N1CCC(CN)CC1. The first-order valence-electron chi connectivity index (χ1n) is 5.36. The summed E-state index contributed by atoms with van der Waals surface area (Å²) < 4.78 is 0. The molecule has 1 unspecified atom stereocenters. The fraction of sp³-hybridized carbons (Fsp3) is 0.900. The molecule has 4 heteroatoms. The average Bonchev–Trinajstić information content (AvgIpc) is 2.19. The lowest BCUT2D eigenvalue weighted by molar-refractivity contribution is -0.144. The lowest BCUT2D eigenvalue weighted by Crippen LogP contribution is -2.46. The molecule has 14 heavy (non-hydrogen) atoms. The van der Waals surface area contributed by atoms with Crippen LogP contribution in [0.2, 0.25) is 0 Å². The third kappa shape index (κ3) is 2.69. The Balaban J connectivity index is 2.43. The van der Waals surface area contributed by atoms with Gasteiger partial charge in [0, 0.05) is 0 Å². The number of carboxylic acids is 1. The molecule has 82 valence electrons. The molecule has 0 aromatic heterocycles. The zero-order chi connectivity index (χ0) is 10.6. The van der Waals surface area contributed by atoms with Gasteiger partial charge in [-0.25, -0.2) is 0 Å². The Labute approximate surface area is 85.1 Å². The number of rotatable bonds is 4. The molecule has 0 aliphatic carbocycles. The predicted molar refractivity (Wildman–Crippen MR) is 55.1 cm³/mol. The maximum absolute atomic E-state index is 10.9. The van der Waals surface area contributed by atoms with E-state index in [2.05, 4.69) is 4.90 Å². The number of nitrogens with two attached hydrogens (primary N) is 1. The number of piperidine rings is 1. The van der Waals surface area contributed by atoms with Crippen LogP contribution >= 0.6 is 0 Å². The number of hydrogen-bond donors (Lipinski definition) is 2. The van der Waals surface area contributed by atoms with Crippen molar-refractivity contribution in [1.29, 1.82) is 0 Å². The highest BCUT2D eigenvalue weighted by Crippen LogP contribution is 2.19. The van der Waals surface area contributed by atoms with E-state index in [9.17, 15) is 4.79 Å². The number of carbonyl (C=O) groups is 1. The fourth-order valence-electron chi connectivity index (χ4n) is 2.09. The van der Waals surface area contributed by atoms with Gasteiger partial charge in [0.1, 0.15) is 6.04 Å². The Morgan fingerprint density at radius 3 is 2.50 bits per heavy atom. The lowest BCUT2D eigenvalue weighted by atomic mass is 9.95. The smallest absolute Gasteiger partial charge is 0.320 e. The Morgan fingerprint density at radius 1 is 1.57 bits per heavy atom. The molecule has 1 atom stereocenters. The third-order valence-electron chi connectivity index (χ3n) is 3.09. The molecule has 4 nitrogen and oxygen atoms in total. The van der Waals surface area contributed by atoms with E-state index in [4.69, 9.17) is 10.8 Å². The summed E-state index contributed by atoms with van der Waals surface area (Å²) in [5.41, 5.74) is 5.58. The van der Waals surface area contributed by atoms with Crippen molar-refractivity contribution in [2.75, 3.05) is 19.6 Å². The van der Waals surface area contributed by atoms with E-state index in [1.807, 2.05) is 6.92 Å². The summed E-state index contributed by atoms with van der Waals surface area (Å²) in [6.07, 6.45) is 2.77. The van der Waals surface area contributed by atoms with E-state index in [0.29, 0.717) is 12.3 Å². The highest BCUT2D eigenvalue weighted by molar-refractivity contribution is 5.73. The monoisotopic (exact) mass is 200 g/mol. The molecule has 0 aromatic rings. The van der Waals surface area contributed by atoms with E-state index < -0.39 is 5.97 Å². The van der Waals surface area contributed by atoms with Crippen LogP contribution in [0.15, 0.2) is 0 Å². The molecule has 3 N–H and O–H groups in total. The van der Waals surface area contributed by atoms with Crippen molar-refractivity contribution in [2.45, 2.75) is 32.2 Å². The van der Waals surface area contributed by atoms with Crippen molar-refractivity contribution in [2.24, 2.45) is 11.7 Å². The Morgan fingerprint density at radius 2 is 2.14 bits per heavy atom. The summed E-state index contributed by atoms with van der Waals surface area (Å²) in [5, 5.41) is 8.98. The number of nitrogens with zero attached hydrogens (tertiary/aromatic N) is 1. The van der Waals surface area contributed by atoms with Crippen LogP contribution in [0.4, 0.5) is 0 Å². The molecule has 1 aliphatic rings. The zero-order valence-electron chi connectivity index (χ0n) is 8.78. The zero-order valence-corrected chi connectivity index (χ0v) is 8.78. The van der Waals surface area contributed by atoms with Crippen molar-refractivity contribution >= 4 is 5.97 Å². The highest BCUT2D eigenvalue weighted by Gasteiger charge is 2.27. The lowest BCUT2D eigenvalue weighted by Gasteiger charge is -2.34. The summed E-state index contributed by atoms with van der Waals surface area (Å²) in [6, 6.07) is -0.297. The quantitative estimate of drug-likeness (QED) is 0.694. The number of carboxylic acid groups (broad SMARTS) is 1. The first-order valence-corrected chi connectivity index (χ1v) is 5.36. The Hall–Kier alpha value is -0.610. The minimum absolute atomic E-state index is 0.297. The standard InChI is InChI=1S/C10H20N2O2/c1-2-9(10(13)14)12-5-3-8(7-11)4-6-12/h8-9H,2-7,11H2,1H3,(H,13,14). The maximum Gasteiger partial charge on any atom is 0.320 e. The third-order valence-corrected chi connectivity index (χ3v) is 3.09. The topological polar surface area (TPSA) is 66.6 Å². The molecule has 0 spiro atoms. The van der Waals surface area contributed by atoms with Crippen LogP contribution in [0.5, 0.6) is 0 Å². The minimum Gasteiger partial charge on any atom is -0.480 e. The first-order chi connectivity index (χ1) is 6.69. The number of hydrogen-bond acceptors (Lipinski definition) is 3. The number of aliphatic carboxylic acids is 1. The van der Waals surface area contributed by atoms with Crippen LogP contribution in [-0.2, 0) is 4.79 Å². The van der Waals surface area contributed by atoms with Gasteiger partial charge in [-0.3, -0.25) is 9.69 Å². The van der Waals surface area contributed by atoms with E-state index in [1.165, 1.54) is 0 Å². The number of likely N-dealkylation sites (tertiary alicyclic amines) is 1. The molecule has 0 saturated carbocycles. The van der Waals surface area contributed by atoms with Gasteiger partial charge >= 0.3 is 5.97 Å². The molecule has 1 heterocycles. The van der Waals surface area contributed by atoms with Gasteiger partial charge in [0.25, 0.3) is 0 Å². The molecule has 0 amide bonds. The molecule has 1 fully saturated rings. The molecular weight excluding hydrogens is 180 g/mol. The van der Waals surface area contributed by atoms with E-state index in [1.54, 1.807) is 0 Å². The summed E-state index contributed by atoms with van der Waals surface area (Å²) in [7, 11) is 0. The van der Waals surface area contributed by atoms with Gasteiger partial charge in [-0.2, -0.15) is 0 Å². The van der Waals surface area contributed by atoms with Gasteiger partial charge < -0.3 is 10.8 Å². The van der Waals surface area contributed by atoms with Gasteiger partial charge in [-0.15, -0.1) is 0 Å². The van der Waals surface area contributed by atoms with Gasteiger partial charge in [0.2, 0.25) is 0 Å². The van der Waals surface area contributed by atoms with Gasteiger partial charge in [0.05, 0.1) is 0 Å². The molecule has 1 saturated heterocycles. The molecule has 1 aliphatic heterocycles. The van der Waals surface area contributed by atoms with Crippen molar-refractivity contribution in [1.82, 2.24) is 4.90 Å². The van der Waals surface area contributed by atoms with Crippen LogP contribution < -0.4 is 5.73 Å². The van der Waals surface area contributed by atoms with Crippen molar-refractivity contribution in [3.63, 3.8) is 0 Å². The fourth-order valence-corrected chi connectivity index (χ4v) is 2.09. The predicted octanol–water partition coefficient (Wildman–Crippen LogP) is 0.520. The summed E-state index contributed by atoms with van der Waals surface area (Å²) >= 11 is 0. The van der Waals surface area contributed by atoms with Gasteiger partial charge in [-0.1, -0.05) is 6.92 Å². The van der Waals surface area contributed by atoms with Crippen LogP contribution in [0.3, 0.4) is 0 Å². The molecule has 1 rings (SSSR count). The minimum atomic E-state index is -0.696. The average molecular weight is 200 g/mol. The molecule has 0 aromatic carbocycles.